The number of sulfonamides is 1. The number of ether oxygens (including phenoxy) is 2. The van der Waals surface area contributed by atoms with Crippen LogP contribution < -0.4 is 14.8 Å². The normalized spacial score (nSPS) is 11.8. The van der Waals surface area contributed by atoms with Crippen molar-refractivity contribution in [2.75, 3.05) is 32.6 Å². The standard InChI is InChI=1S/C30H31ClN4O6S/c1-6-35(7-2)42(38,39)20-12-13-26(40-4)25(16-20)33-34-28-21-11-9-8-10-19(21)15-22(29(28)36)30(37)32-24-17-23(31)27(41-5)14-18(24)3/h8-17,36H,6-7H2,1-5H3,(H,32,37). The van der Waals surface area contributed by atoms with Gasteiger partial charge in [0.15, 0.2) is 5.75 Å². The Balaban J connectivity index is 1.80. The van der Waals surface area contributed by atoms with Gasteiger partial charge >= 0.3 is 0 Å². The lowest BCUT2D eigenvalue weighted by atomic mass is 10.0. The predicted molar refractivity (Wildman–Crippen MR) is 164 cm³/mol. The Labute approximate surface area is 249 Å². The molecule has 0 spiro atoms. The fourth-order valence-corrected chi connectivity index (χ4v) is 6.17. The van der Waals surface area contributed by atoms with E-state index in [2.05, 4.69) is 15.5 Å². The van der Waals surface area contributed by atoms with Crippen LogP contribution in [0.5, 0.6) is 17.2 Å². The average molecular weight is 611 g/mol. The smallest absolute Gasteiger partial charge is 0.259 e. The molecule has 1 amide bonds. The third kappa shape index (κ3) is 6.03. The number of hydrogen-bond donors (Lipinski definition) is 2. The Morgan fingerprint density at radius 3 is 2.33 bits per heavy atom. The molecule has 10 nitrogen and oxygen atoms in total. The molecule has 12 heteroatoms. The molecule has 0 aromatic heterocycles. The molecule has 0 saturated heterocycles. The minimum absolute atomic E-state index is 0.0247. The molecule has 0 aliphatic rings. The van der Waals surface area contributed by atoms with Gasteiger partial charge in [0.25, 0.3) is 5.91 Å². The lowest BCUT2D eigenvalue weighted by Gasteiger charge is -2.18. The largest absolute Gasteiger partial charge is 0.505 e. The maximum atomic E-state index is 13.4. The average Bonchev–Trinajstić information content (AvgIpc) is 2.98. The highest BCUT2D eigenvalue weighted by Gasteiger charge is 2.24. The summed E-state index contributed by atoms with van der Waals surface area (Å²) in [5.41, 5.74) is 1.27. The first kappa shape index (κ1) is 30.8. The number of phenols is 1. The molecule has 220 valence electrons. The number of anilines is 1. The van der Waals surface area contributed by atoms with Gasteiger partial charge in [-0.1, -0.05) is 49.7 Å². The zero-order valence-corrected chi connectivity index (χ0v) is 25.4. The van der Waals surface area contributed by atoms with Crippen LogP contribution in [0.1, 0.15) is 29.8 Å². The summed E-state index contributed by atoms with van der Waals surface area (Å²) in [7, 11) is -0.850. The van der Waals surface area contributed by atoms with Crippen molar-refractivity contribution in [1.29, 1.82) is 0 Å². The Bertz CT molecular complexity index is 1790. The van der Waals surface area contributed by atoms with Gasteiger partial charge < -0.3 is 19.9 Å². The molecule has 0 fully saturated rings. The van der Waals surface area contributed by atoms with Gasteiger partial charge in [-0.25, -0.2) is 8.42 Å². The lowest BCUT2D eigenvalue weighted by molar-refractivity contribution is 0.102. The highest BCUT2D eigenvalue weighted by Crippen LogP contribution is 2.41. The Morgan fingerprint density at radius 1 is 0.976 bits per heavy atom. The van der Waals surface area contributed by atoms with Gasteiger partial charge in [-0.3, -0.25) is 4.79 Å². The number of carbonyl (C=O) groups is 1. The molecule has 42 heavy (non-hydrogen) atoms. The number of amides is 1. The molecule has 0 radical (unpaired) electrons. The number of rotatable bonds is 10. The third-order valence-electron chi connectivity index (χ3n) is 6.74. The third-order valence-corrected chi connectivity index (χ3v) is 9.08. The molecule has 0 aliphatic heterocycles. The van der Waals surface area contributed by atoms with Crippen LogP contribution in [0.15, 0.2) is 75.8 Å². The van der Waals surface area contributed by atoms with E-state index in [1.165, 1.54) is 36.7 Å². The molecular formula is C30H31ClN4O6S. The minimum atomic E-state index is -3.78. The van der Waals surface area contributed by atoms with E-state index in [0.717, 1.165) is 0 Å². The molecule has 0 saturated carbocycles. The van der Waals surface area contributed by atoms with E-state index in [1.807, 2.05) is 0 Å². The molecule has 4 rings (SSSR count). The van der Waals surface area contributed by atoms with Crippen molar-refractivity contribution >= 4 is 55.4 Å². The number of phenolic OH excluding ortho intramolecular Hbond substituents is 1. The molecule has 0 atom stereocenters. The lowest BCUT2D eigenvalue weighted by Crippen LogP contribution is -2.30. The van der Waals surface area contributed by atoms with Crippen LogP contribution in [0.2, 0.25) is 5.02 Å². The summed E-state index contributed by atoms with van der Waals surface area (Å²) in [6.07, 6.45) is 0. The number of nitrogens with one attached hydrogen (secondary N) is 1. The van der Waals surface area contributed by atoms with Crippen molar-refractivity contribution in [3.05, 3.63) is 76.8 Å². The van der Waals surface area contributed by atoms with Crippen LogP contribution in [0, 0.1) is 6.92 Å². The number of azo groups is 1. The fraction of sp³-hybridized carbons (Fsp3) is 0.233. The van der Waals surface area contributed by atoms with Crippen molar-refractivity contribution in [1.82, 2.24) is 4.31 Å². The quantitative estimate of drug-likeness (QED) is 0.182. The van der Waals surface area contributed by atoms with Gasteiger partial charge in [0.2, 0.25) is 10.0 Å². The van der Waals surface area contributed by atoms with E-state index < -0.39 is 21.7 Å². The van der Waals surface area contributed by atoms with E-state index >= 15 is 0 Å². The summed E-state index contributed by atoms with van der Waals surface area (Å²) in [6, 6.07) is 16.2. The summed E-state index contributed by atoms with van der Waals surface area (Å²) in [4.78, 5) is 13.4. The van der Waals surface area contributed by atoms with Crippen molar-refractivity contribution in [3.63, 3.8) is 0 Å². The summed E-state index contributed by atoms with van der Waals surface area (Å²) in [5, 5.41) is 24.1. The van der Waals surface area contributed by atoms with Gasteiger partial charge in [-0.05, 0) is 54.3 Å². The van der Waals surface area contributed by atoms with Crippen LogP contribution >= 0.6 is 11.6 Å². The van der Waals surface area contributed by atoms with E-state index in [4.69, 9.17) is 21.1 Å². The van der Waals surface area contributed by atoms with E-state index in [-0.39, 0.29) is 27.6 Å². The maximum absolute atomic E-state index is 13.4. The fourth-order valence-electron chi connectivity index (χ4n) is 4.45. The number of nitrogens with zero attached hydrogens (tertiary/aromatic N) is 3. The molecule has 2 N–H and O–H groups in total. The van der Waals surface area contributed by atoms with Crippen molar-refractivity contribution in [3.8, 4) is 17.2 Å². The Hall–Kier alpha value is -4.19. The summed E-state index contributed by atoms with van der Waals surface area (Å²) in [5.74, 6) is -0.253. The monoisotopic (exact) mass is 610 g/mol. The number of aryl methyl sites for hydroxylation is 1. The predicted octanol–water partition coefficient (Wildman–Crippen LogP) is 7.22. The SMILES string of the molecule is CCN(CC)S(=O)(=O)c1ccc(OC)c(N=Nc2c(O)c(C(=O)Nc3cc(Cl)c(OC)cc3C)cc3ccccc23)c1. The Kier molecular flexibility index (Phi) is 9.35. The van der Waals surface area contributed by atoms with Crippen molar-refractivity contribution in [2.45, 2.75) is 25.7 Å². The summed E-state index contributed by atoms with van der Waals surface area (Å²) in [6.45, 7) is 5.91. The minimum Gasteiger partial charge on any atom is -0.505 e. The number of aromatic hydroxyl groups is 1. The molecule has 4 aromatic rings. The number of benzene rings is 4. The molecule has 0 heterocycles. The number of methoxy groups -OCH3 is 2. The number of hydrogen-bond acceptors (Lipinski definition) is 8. The van der Waals surface area contributed by atoms with E-state index in [1.54, 1.807) is 63.2 Å². The molecule has 4 aromatic carbocycles. The number of carbonyl (C=O) groups excluding carboxylic acids is 1. The Morgan fingerprint density at radius 2 is 1.67 bits per heavy atom. The maximum Gasteiger partial charge on any atom is 0.259 e. The van der Waals surface area contributed by atoms with Crippen LogP contribution in [0.3, 0.4) is 0 Å². The van der Waals surface area contributed by atoms with Crippen LogP contribution in [-0.4, -0.2) is 51.0 Å². The molecule has 0 aliphatic carbocycles. The number of fused-ring (bicyclic) bond motifs is 1. The van der Waals surface area contributed by atoms with Gasteiger partial charge in [0.05, 0.1) is 29.7 Å². The van der Waals surface area contributed by atoms with Gasteiger partial charge in [0.1, 0.15) is 22.9 Å². The topological polar surface area (TPSA) is 130 Å². The van der Waals surface area contributed by atoms with Crippen molar-refractivity contribution in [2.24, 2.45) is 10.2 Å². The summed E-state index contributed by atoms with van der Waals surface area (Å²) >= 11 is 6.26. The van der Waals surface area contributed by atoms with Crippen LogP contribution in [0.4, 0.5) is 17.1 Å². The summed E-state index contributed by atoms with van der Waals surface area (Å²) < 4.78 is 38.2. The molecular weight excluding hydrogens is 580 g/mol. The van der Waals surface area contributed by atoms with Gasteiger partial charge in [-0.15, -0.1) is 10.2 Å². The second kappa shape index (κ2) is 12.8. The van der Waals surface area contributed by atoms with Crippen molar-refractivity contribution < 1.29 is 27.8 Å². The number of halogens is 1. The second-order valence-electron chi connectivity index (χ2n) is 9.22. The first-order chi connectivity index (χ1) is 20.0. The van der Waals surface area contributed by atoms with E-state index in [0.29, 0.717) is 45.9 Å². The molecule has 0 unspecified atom stereocenters. The van der Waals surface area contributed by atoms with E-state index in [9.17, 15) is 18.3 Å². The van der Waals surface area contributed by atoms with Crippen LogP contribution in [0.25, 0.3) is 10.8 Å². The highest BCUT2D eigenvalue weighted by molar-refractivity contribution is 7.89. The van der Waals surface area contributed by atoms with Crippen LogP contribution in [-0.2, 0) is 10.0 Å². The highest BCUT2D eigenvalue weighted by atomic mass is 35.5. The second-order valence-corrected chi connectivity index (χ2v) is 11.6. The zero-order chi connectivity index (χ0) is 30.6. The molecule has 0 bridgehead atoms. The zero-order valence-electron chi connectivity index (χ0n) is 23.8. The van der Waals surface area contributed by atoms with Gasteiger partial charge in [0, 0.05) is 24.2 Å². The van der Waals surface area contributed by atoms with Gasteiger partial charge in [-0.2, -0.15) is 4.31 Å². The first-order valence-electron chi connectivity index (χ1n) is 13.1. The first-order valence-corrected chi connectivity index (χ1v) is 14.9.